The van der Waals surface area contributed by atoms with Crippen LogP contribution in [0.1, 0.15) is 6.92 Å². The smallest absolute Gasteiger partial charge is 0.269 e. The first-order chi connectivity index (χ1) is 11.0. The monoisotopic (exact) mass is 332 g/mol. The quantitative estimate of drug-likeness (QED) is 0.495. The number of benzene rings is 2. The summed E-state index contributed by atoms with van der Waals surface area (Å²) in [6.45, 7) is 1.78. The second-order valence-corrected chi connectivity index (χ2v) is 6.15. The maximum Gasteiger partial charge on any atom is 0.269 e. The van der Waals surface area contributed by atoms with Crippen molar-refractivity contribution in [2.45, 2.75) is 17.1 Å². The van der Waals surface area contributed by atoms with Crippen LogP contribution in [-0.2, 0) is 4.79 Å². The van der Waals surface area contributed by atoms with E-state index in [4.69, 9.17) is 4.74 Å². The van der Waals surface area contributed by atoms with Crippen LogP contribution < -0.4 is 10.1 Å². The number of nitro benzene ring substituents is 1. The Hall–Kier alpha value is -2.54. The molecule has 1 N–H and O–H groups in total. The molecule has 0 spiro atoms. The number of carbonyl (C=O) groups excluding carboxylic acids is 1. The first kappa shape index (κ1) is 16.8. The summed E-state index contributed by atoms with van der Waals surface area (Å²) in [4.78, 5) is 23.2. The van der Waals surface area contributed by atoms with Crippen molar-refractivity contribution >= 4 is 29.0 Å². The normalized spacial score (nSPS) is 11.6. The number of anilines is 1. The van der Waals surface area contributed by atoms with Crippen molar-refractivity contribution in [3.63, 3.8) is 0 Å². The fourth-order valence-electron chi connectivity index (χ4n) is 1.85. The number of nitro groups is 1. The molecule has 1 unspecified atom stereocenters. The van der Waals surface area contributed by atoms with Gasteiger partial charge in [0.1, 0.15) is 5.75 Å². The zero-order valence-electron chi connectivity index (χ0n) is 12.7. The lowest BCUT2D eigenvalue weighted by atomic mass is 10.3. The Kier molecular flexibility index (Phi) is 5.59. The highest BCUT2D eigenvalue weighted by atomic mass is 32.2. The number of hydrogen-bond acceptors (Lipinski definition) is 5. The molecule has 1 amide bonds. The highest BCUT2D eigenvalue weighted by molar-refractivity contribution is 8.00. The van der Waals surface area contributed by atoms with E-state index in [1.807, 2.05) is 0 Å². The predicted molar refractivity (Wildman–Crippen MR) is 90.0 cm³/mol. The third kappa shape index (κ3) is 4.72. The molecule has 0 aliphatic carbocycles. The number of ether oxygens (including phenoxy) is 1. The fraction of sp³-hybridized carbons (Fsp3) is 0.188. The van der Waals surface area contributed by atoms with Gasteiger partial charge in [0, 0.05) is 28.8 Å². The van der Waals surface area contributed by atoms with Crippen molar-refractivity contribution in [1.82, 2.24) is 0 Å². The van der Waals surface area contributed by atoms with E-state index in [0.717, 1.165) is 4.90 Å². The van der Waals surface area contributed by atoms with Gasteiger partial charge in [-0.25, -0.2) is 0 Å². The van der Waals surface area contributed by atoms with Crippen molar-refractivity contribution in [2.75, 3.05) is 12.4 Å². The van der Waals surface area contributed by atoms with Gasteiger partial charge in [-0.2, -0.15) is 0 Å². The molecule has 0 aromatic heterocycles. The van der Waals surface area contributed by atoms with E-state index in [1.165, 1.54) is 23.9 Å². The number of hydrogen-bond donors (Lipinski definition) is 1. The third-order valence-electron chi connectivity index (χ3n) is 3.07. The van der Waals surface area contributed by atoms with E-state index >= 15 is 0 Å². The first-order valence-electron chi connectivity index (χ1n) is 6.85. The number of thioether (sulfide) groups is 1. The average molecular weight is 332 g/mol. The molecule has 2 rings (SSSR count). The number of rotatable bonds is 6. The Balaban J connectivity index is 1.97. The molecular weight excluding hydrogens is 316 g/mol. The summed E-state index contributed by atoms with van der Waals surface area (Å²) in [5.74, 6) is 0.514. The van der Waals surface area contributed by atoms with Gasteiger partial charge in [-0.15, -0.1) is 11.8 Å². The summed E-state index contributed by atoms with van der Waals surface area (Å²) in [7, 11) is 1.56. The number of nitrogens with one attached hydrogen (secondary N) is 1. The number of carbonyl (C=O) groups is 1. The minimum atomic E-state index is -0.451. The molecule has 1 atom stereocenters. The number of methoxy groups -OCH3 is 1. The highest BCUT2D eigenvalue weighted by Crippen LogP contribution is 2.26. The number of nitrogens with zero attached hydrogens (tertiary/aromatic N) is 1. The van der Waals surface area contributed by atoms with Gasteiger partial charge in [0.2, 0.25) is 5.91 Å². The van der Waals surface area contributed by atoms with Crippen molar-refractivity contribution in [2.24, 2.45) is 0 Å². The van der Waals surface area contributed by atoms with Crippen molar-refractivity contribution in [3.8, 4) is 5.75 Å². The van der Waals surface area contributed by atoms with E-state index in [1.54, 1.807) is 50.4 Å². The van der Waals surface area contributed by atoms with E-state index in [0.29, 0.717) is 11.4 Å². The van der Waals surface area contributed by atoms with Crippen LogP contribution in [0.2, 0.25) is 0 Å². The van der Waals surface area contributed by atoms with Crippen LogP contribution in [0, 0.1) is 10.1 Å². The summed E-state index contributed by atoms with van der Waals surface area (Å²) >= 11 is 1.34. The summed E-state index contributed by atoms with van der Waals surface area (Å²) in [6, 6.07) is 13.2. The van der Waals surface area contributed by atoms with Gasteiger partial charge in [-0.05, 0) is 31.2 Å². The van der Waals surface area contributed by atoms with E-state index in [9.17, 15) is 14.9 Å². The zero-order valence-corrected chi connectivity index (χ0v) is 13.5. The second kappa shape index (κ2) is 7.64. The van der Waals surface area contributed by atoms with Gasteiger partial charge < -0.3 is 10.1 Å². The van der Waals surface area contributed by atoms with Crippen LogP contribution in [-0.4, -0.2) is 23.2 Å². The highest BCUT2D eigenvalue weighted by Gasteiger charge is 2.15. The fourth-order valence-corrected chi connectivity index (χ4v) is 2.72. The van der Waals surface area contributed by atoms with Gasteiger partial charge in [-0.3, -0.25) is 14.9 Å². The lowest BCUT2D eigenvalue weighted by molar-refractivity contribution is -0.384. The lowest BCUT2D eigenvalue weighted by Gasteiger charge is -2.12. The Morgan fingerprint density at radius 3 is 2.57 bits per heavy atom. The Morgan fingerprint density at radius 1 is 1.26 bits per heavy atom. The third-order valence-corrected chi connectivity index (χ3v) is 4.18. The van der Waals surface area contributed by atoms with Crippen molar-refractivity contribution in [3.05, 3.63) is 58.6 Å². The second-order valence-electron chi connectivity index (χ2n) is 4.73. The molecular formula is C16H16N2O4S. The molecule has 0 heterocycles. The zero-order chi connectivity index (χ0) is 16.8. The molecule has 0 aliphatic rings. The average Bonchev–Trinajstić information content (AvgIpc) is 2.55. The molecule has 120 valence electrons. The maximum absolute atomic E-state index is 12.2. The predicted octanol–water partition coefficient (Wildman–Crippen LogP) is 3.72. The first-order valence-corrected chi connectivity index (χ1v) is 7.73. The number of non-ortho nitro benzene ring substituents is 1. The maximum atomic E-state index is 12.2. The molecule has 0 saturated carbocycles. The Bertz CT molecular complexity index is 703. The van der Waals surface area contributed by atoms with Crippen molar-refractivity contribution < 1.29 is 14.5 Å². The topological polar surface area (TPSA) is 81.5 Å². The molecule has 0 fully saturated rings. The Labute approximate surface area is 138 Å². The minimum Gasteiger partial charge on any atom is -0.497 e. The molecule has 0 bridgehead atoms. The van der Waals surface area contributed by atoms with Crippen LogP contribution in [0.3, 0.4) is 0 Å². The molecule has 0 saturated heterocycles. The van der Waals surface area contributed by atoms with E-state index in [2.05, 4.69) is 5.32 Å². The Morgan fingerprint density at radius 2 is 1.96 bits per heavy atom. The van der Waals surface area contributed by atoms with Gasteiger partial charge in [-0.1, -0.05) is 6.07 Å². The van der Waals surface area contributed by atoms with Crippen LogP contribution in [0.15, 0.2) is 53.4 Å². The van der Waals surface area contributed by atoms with E-state index < -0.39 is 4.92 Å². The molecule has 6 nitrogen and oxygen atoms in total. The summed E-state index contributed by atoms with van der Waals surface area (Å²) in [5, 5.41) is 13.1. The SMILES string of the molecule is COc1cccc(NC(=O)C(C)Sc2ccc([N+](=O)[O-])cc2)c1. The van der Waals surface area contributed by atoms with Crippen LogP contribution >= 0.6 is 11.8 Å². The summed E-state index contributed by atoms with van der Waals surface area (Å²) in [5.41, 5.74) is 0.688. The van der Waals surface area contributed by atoms with E-state index in [-0.39, 0.29) is 16.8 Å². The largest absolute Gasteiger partial charge is 0.497 e. The van der Waals surface area contributed by atoms with Gasteiger partial charge >= 0.3 is 0 Å². The molecule has 2 aromatic rings. The molecule has 2 aromatic carbocycles. The lowest BCUT2D eigenvalue weighted by Crippen LogP contribution is -2.22. The van der Waals surface area contributed by atoms with Gasteiger partial charge in [0.05, 0.1) is 17.3 Å². The minimum absolute atomic E-state index is 0.0304. The van der Waals surface area contributed by atoms with Gasteiger partial charge in [0.15, 0.2) is 0 Å². The standard InChI is InChI=1S/C16H16N2O4S/c1-11(23-15-8-6-13(7-9-15)18(20)21)16(19)17-12-4-3-5-14(10-12)22-2/h3-11H,1-2H3,(H,17,19). The van der Waals surface area contributed by atoms with Crippen LogP contribution in [0.4, 0.5) is 11.4 Å². The summed E-state index contributed by atoms with van der Waals surface area (Å²) in [6.07, 6.45) is 0. The van der Waals surface area contributed by atoms with Crippen LogP contribution in [0.5, 0.6) is 5.75 Å². The molecule has 7 heteroatoms. The van der Waals surface area contributed by atoms with Crippen molar-refractivity contribution in [1.29, 1.82) is 0 Å². The van der Waals surface area contributed by atoms with Crippen LogP contribution in [0.25, 0.3) is 0 Å². The number of amides is 1. The van der Waals surface area contributed by atoms with Gasteiger partial charge in [0.25, 0.3) is 5.69 Å². The molecule has 23 heavy (non-hydrogen) atoms. The molecule has 0 radical (unpaired) electrons. The summed E-state index contributed by atoms with van der Waals surface area (Å²) < 4.78 is 5.11. The molecule has 0 aliphatic heterocycles.